The van der Waals surface area contributed by atoms with Gasteiger partial charge in [-0.2, -0.15) is 0 Å². The average molecular weight is 846 g/mol. The Morgan fingerprint density at radius 1 is 0.758 bits per heavy atom. The van der Waals surface area contributed by atoms with Crippen molar-refractivity contribution in [2.24, 2.45) is 11.8 Å². The van der Waals surface area contributed by atoms with E-state index in [4.69, 9.17) is 9.47 Å². The van der Waals surface area contributed by atoms with E-state index in [1.807, 2.05) is 30.3 Å². The minimum absolute atomic E-state index is 0.00700. The summed E-state index contributed by atoms with van der Waals surface area (Å²) in [7, 11) is 0. The number of pyridine rings is 1. The molecule has 2 N–H and O–H groups in total. The van der Waals surface area contributed by atoms with Gasteiger partial charge in [-0.15, -0.1) is 0 Å². The molecule has 0 unspecified atom stereocenters. The maximum absolute atomic E-state index is 15.2. The molecule has 1 saturated carbocycles. The van der Waals surface area contributed by atoms with Crippen molar-refractivity contribution >= 4 is 23.8 Å². The number of nitrogens with one attached hydrogen (secondary N) is 2. The molecule has 3 aromatic carbocycles. The van der Waals surface area contributed by atoms with Crippen LogP contribution in [0.2, 0.25) is 0 Å². The maximum atomic E-state index is 15.2. The summed E-state index contributed by atoms with van der Waals surface area (Å²) >= 11 is 0. The summed E-state index contributed by atoms with van der Waals surface area (Å²) in [6.45, 7) is 4.51. The van der Waals surface area contributed by atoms with Crippen molar-refractivity contribution in [3.63, 3.8) is 0 Å². The van der Waals surface area contributed by atoms with E-state index in [0.29, 0.717) is 72.8 Å². The number of amides is 2. The lowest BCUT2D eigenvalue weighted by atomic mass is 9.81. The minimum Gasteiger partial charge on any atom is -0.449 e. The molecule has 8 rings (SSSR count). The van der Waals surface area contributed by atoms with Gasteiger partial charge in [0.1, 0.15) is 18.1 Å². The number of piperidine rings is 2. The van der Waals surface area contributed by atoms with Gasteiger partial charge in [0.25, 0.3) is 5.56 Å². The zero-order valence-corrected chi connectivity index (χ0v) is 34.8. The first-order valence-corrected chi connectivity index (χ1v) is 21.7. The molecule has 0 spiro atoms. The second-order valence-electron chi connectivity index (χ2n) is 16.7. The Labute approximate surface area is 360 Å². The third-order valence-electron chi connectivity index (χ3n) is 12.5. The Morgan fingerprint density at radius 3 is 2.27 bits per heavy atom. The first kappa shape index (κ1) is 42.5. The molecule has 62 heavy (non-hydrogen) atoms. The standard InChI is InChI=1S/C48H53F2N7O5/c49-42-28-39(53-47(59)61-31-34-7-2-1-3-8-34)16-17-41(42)36-18-23-55(24-19-36)30-33-12-14-35(15-13-33)32-62-48(60)56-25-20-38(21-26-56)52-46-51-29-43(50)45(54-46)37-9-6-10-40(27-37)57-22-5-4-11-44(57)58/h1-11,16-17,22,27-29,33,35-36,38H,12-15,18-21,23-26,30-32H2,(H,53,59)(H,51,52,54). The number of hydrogen-bond acceptors (Lipinski definition) is 9. The van der Waals surface area contributed by atoms with E-state index in [2.05, 4.69) is 25.5 Å². The summed E-state index contributed by atoms with van der Waals surface area (Å²) in [6.07, 6.45) is 9.29. The lowest BCUT2D eigenvalue weighted by Gasteiger charge is -2.37. The molecule has 1 aliphatic carbocycles. The van der Waals surface area contributed by atoms with Gasteiger partial charge in [-0.05, 0) is 124 Å². The lowest BCUT2D eigenvalue weighted by molar-refractivity contribution is 0.0666. The number of carbonyl (C=O) groups excluding carboxylic acids is 2. The van der Waals surface area contributed by atoms with Crippen molar-refractivity contribution in [3.05, 3.63) is 137 Å². The van der Waals surface area contributed by atoms with Gasteiger partial charge >= 0.3 is 12.2 Å². The summed E-state index contributed by atoms with van der Waals surface area (Å²) in [4.78, 5) is 50.6. The SMILES string of the molecule is O=C(Nc1ccc(C2CCN(CC3CCC(COC(=O)N4CCC(Nc5ncc(F)c(-c6cccc(-n7ccccc7=O)c6)n5)CC4)CC3)CC2)c(F)c1)OCc1ccccc1. The van der Waals surface area contributed by atoms with Crippen molar-refractivity contribution in [2.45, 2.75) is 69.9 Å². The molecule has 2 amide bonds. The number of rotatable bonds is 12. The Morgan fingerprint density at radius 2 is 1.52 bits per heavy atom. The number of likely N-dealkylation sites (tertiary alicyclic amines) is 2. The molecule has 3 fully saturated rings. The monoisotopic (exact) mass is 845 g/mol. The Kier molecular flexibility index (Phi) is 13.8. The highest BCUT2D eigenvalue weighted by Gasteiger charge is 2.29. The predicted octanol–water partition coefficient (Wildman–Crippen LogP) is 9.02. The van der Waals surface area contributed by atoms with Crippen LogP contribution in [0.15, 0.2) is 108 Å². The number of benzene rings is 3. The summed E-state index contributed by atoms with van der Waals surface area (Å²) in [6, 6.07) is 26.2. The third kappa shape index (κ3) is 11.0. The topological polar surface area (TPSA) is 131 Å². The summed E-state index contributed by atoms with van der Waals surface area (Å²) < 4.78 is 42.7. The first-order valence-electron chi connectivity index (χ1n) is 21.7. The van der Waals surface area contributed by atoms with Crippen LogP contribution in [0.5, 0.6) is 0 Å². The van der Waals surface area contributed by atoms with E-state index in [1.165, 1.54) is 16.7 Å². The number of nitrogens with zero attached hydrogens (tertiary/aromatic N) is 5. The van der Waals surface area contributed by atoms with Crippen LogP contribution < -0.4 is 16.2 Å². The van der Waals surface area contributed by atoms with E-state index >= 15 is 4.39 Å². The van der Waals surface area contributed by atoms with E-state index in [9.17, 15) is 18.8 Å². The number of ether oxygens (including phenoxy) is 2. The lowest BCUT2D eigenvalue weighted by Crippen LogP contribution is -2.43. The van der Waals surface area contributed by atoms with Crippen LogP contribution in [-0.2, 0) is 16.1 Å². The number of halogens is 2. The fraction of sp³-hybridized carbons (Fsp3) is 0.396. The number of anilines is 2. The first-order chi connectivity index (χ1) is 30.2. The molecular weight excluding hydrogens is 793 g/mol. The molecule has 2 saturated heterocycles. The zero-order chi connectivity index (χ0) is 42.8. The van der Waals surface area contributed by atoms with Crippen molar-refractivity contribution in [3.8, 4) is 16.9 Å². The van der Waals surface area contributed by atoms with Crippen molar-refractivity contribution in [2.75, 3.05) is 50.0 Å². The third-order valence-corrected chi connectivity index (χ3v) is 12.5. The van der Waals surface area contributed by atoms with Gasteiger partial charge in [-0.25, -0.2) is 28.3 Å². The summed E-state index contributed by atoms with van der Waals surface area (Å²) in [5.41, 5.74) is 3.03. The molecule has 0 atom stereocenters. The molecule has 4 heterocycles. The molecule has 324 valence electrons. The summed E-state index contributed by atoms with van der Waals surface area (Å²) in [5.74, 6) is 0.522. The smallest absolute Gasteiger partial charge is 0.411 e. The van der Waals surface area contributed by atoms with E-state index < -0.39 is 11.9 Å². The fourth-order valence-electron chi connectivity index (χ4n) is 8.94. The molecule has 0 radical (unpaired) electrons. The van der Waals surface area contributed by atoms with E-state index in [0.717, 1.165) is 69.9 Å². The Hall–Kier alpha value is -6.15. The van der Waals surface area contributed by atoms with Gasteiger partial charge in [-0.1, -0.05) is 54.6 Å². The highest BCUT2D eigenvalue weighted by atomic mass is 19.1. The fourth-order valence-corrected chi connectivity index (χ4v) is 8.94. The minimum atomic E-state index is -0.618. The normalized spacial score (nSPS) is 18.8. The second kappa shape index (κ2) is 20.1. The van der Waals surface area contributed by atoms with Gasteiger partial charge in [0.2, 0.25) is 5.95 Å². The van der Waals surface area contributed by atoms with Crippen LogP contribution in [0.3, 0.4) is 0 Å². The molecule has 2 aliphatic heterocycles. The molecule has 2 aromatic heterocycles. The number of hydrogen-bond donors (Lipinski definition) is 2. The molecule has 3 aliphatic rings. The quantitative estimate of drug-likeness (QED) is 0.126. The van der Waals surface area contributed by atoms with Crippen LogP contribution in [0.1, 0.15) is 68.4 Å². The van der Waals surface area contributed by atoms with Crippen LogP contribution >= 0.6 is 0 Å². The van der Waals surface area contributed by atoms with Crippen LogP contribution in [0.4, 0.5) is 30.0 Å². The van der Waals surface area contributed by atoms with Crippen molar-refractivity contribution in [1.82, 2.24) is 24.3 Å². The number of aromatic nitrogens is 3. The van der Waals surface area contributed by atoms with Gasteiger partial charge in [0.15, 0.2) is 5.82 Å². The van der Waals surface area contributed by atoms with Crippen molar-refractivity contribution in [1.29, 1.82) is 0 Å². The van der Waals surface area contributed by atoms with Gasteiger partial charge in [0, 0.05) is 54.9 Å². The highest BCUT2D eigenvalue weighted by molar-refractivity contribution is 5.84. The molecule has 0 bridgehead atoms. The van der Waals surface area contributed by atoms with Crippen LogP contribution in [-0.4, -0.2) is 81.9 Å². The zero-order valence-electron chi connectivity index (χ0n) is 34.8. The molecular formula is C48H53F2N7O5. The Bertz CT molecular complexity index is 2360. The summed E-state index contributed by atoms with van der Waals surface area (Å²) in [5, 5.41) is 5.95. The van der Waals surface area contributed by atoms with Gasteiger partial charge < -0.3 is 24.6 Å². The predicted molar refractivity (Wildman–Crippen MR) is 233 cm³/mol. The van der Waals surface area contributed by atoms with Crippen molar-refractivity contribution < 1.29 is 27.8 Å². The van der Waals surface area contributed by atoms with Gasteiger partial charge in [-0.3, -0.25) is 14.7 Å². The highest BCUT2D eigenvalue weighted by Crippen LogP contribution is 2.34. The van der Waals surface area contributed by atoms with E-state index in [-0.39, 0.29) is 41.7 Å². The molecule has 14 heteroatoms. The molecule has 12 nitrogen and oxygen atoms in total. The Balaban J connectivity index is 0.715. The maximum Gasteiger partial charge on any atom is 0.411 e. The van der Waals surface area contributed by atoms with Crippen LogP contribution in [0, 0.1) is 23.5 Å². The van der Waals surface area contributed by atoms with Gasteiger partial charge in [0.05, 0.1) is 12.8 Å². The number of carbonyl (C=O) groups is 2. The largest absolute Gasteiger partial charge is 0.449 e. The molecule has 5 aromatic rings. The second-order valence-corrected chi connectivity index (χ2v) is 16.7. The average Bonchev–Trinajstić information content (AvgIpc) is 3.30. The van der Waals surface area contributed by atoms with Crippen LogP contribution in [0.25, 0.3) is 16.9 Å². The van der Waals surface area contributed by atoms with E-state index in [1.54, 1.807) is 59.6 Å².